The number of fused-ring (bicyclic) bond motifs is 1. The summed E-state index contributed by atoms with van der Waals surface area (Å²) >= 11 is 0. The lowest BCUT2D eigenvalue weighted by Crippen LogP contribution is -2.36. The third-order valence-corrected chi connectivity index (χ3v) is 5.13. The van der Waals surface area contributed by atoms with E-state index >= 15 is 0 Å². The Labute approximate surface area is 146 Å². The van der Waals surface area contributed by atoms with Gasteiger partial charge in [0.2, 0.25) is 5.91 Å². The zero-order chi connectivity index (χ0) is 17.6. The van der Waals surface area contributed by atoms with Crippen LogP contribution in [-0.2, 0) is 16.0 Å². The molecule has 1 aromatic carbocycles. The molecule has 1 aromatic heterocycles. The molecule has 2 aliphatic heterocycles. The molecule has 1 fully saturated rings. The molecule has 2 aromatic rings. The van der Waals surface area contributed by atoms with E-state index in [1.165, 1.54) is 6.07 Å². The quantitative estimate of drug-likeness (QED) is 0.859. The number of carbonyl (C=O) groups excluding carboxylic acids is 1. The molecule has 0 aliphatic carbocycles. The number of hydrogen-bond acceptors (Lipinski definition) is 3. The molecule has 0 bridgehead atoms. The molecule has 5 nitrogen and oxygen atoms in total. The van der Waals surface area contributed by atoms with Gasteiger partial charge in [-0.1, -0.05) is 6.07 Å². The Hall–Kier alpha value is -2.21. The Balaban J connectivity index is 1.63. The van der Waals surface area contributed by atoms with Crippen LogP contribution in [0, 0.1) is 11.7 Å². The van der Waals surface area contributed by atoms with E-state index in [9.17, 15) is 9.18 Å². The van der Waals surface area contributed by atoms with Crippen molar-refractivity contribution in [2.75, 3.05) is 18.1 Å². The van der Waals surface area contributed by atoms with Crippen LogP contribution in [0.15, 0.2) is 30.5 Å². The lowest BCUT2D eigenvalue weighted by Gasteiger charge is -2.25. The number of hydrogen-bond donors (Lipinski definition) is 0. The van der Waals surface area contributed by atoms with Gasteiger partial charge in [-0.15, -0.1) is 0 Å². The summed E-state index contributed by atoms with van der Waals surface area (Å²) < 4.78 is 21.8. The minimum absolute atomic E-state index is 0.0170. The zero-order valence-corrected chi connectivity index (χ0v) is 14.5. The molecule has 1 saturated heterocycles. The molecule has 0 N–H and O–H groups in total. The summed E-state index contributed by atoms with van der Waals surface area (Å²) in [6.07, 6.45) is 2.69. The first-order valence-corrected chi connectivity index (χ1v) is 8.81. The van der Waals surface area contributed by atoms with Crippen molar-refractivity contribution < 1.29 is 13.9 Å². The fourth-order valence-electron chi connectivity index (χ4n) is 3.94. The van der Waals surface area contributed by atoms with Gasteiger partial charge in [0.1, 0.15) is 11.9 Å². The summed E-state index contributed by atoms with van der Waals surface area (Å²) in [6, 6.07) is 7.07. The van der Waals surface area contributed by atoms with E-state index in [-0.39, 0.29) is 29.8 Å². The summed E-state index contributed by atoms with van der Waals surface area (Å²) in [5.41, 5.74) is 2.27. The molecular weight excluding hydrogens is 321 g/mol. The number of halogens is 1. The molecule has 2 atom stereocenters. The van der Waals surface area contributed by atoms with E-state index in [1.807, 2.05) is 16.8 Å². The van der Waals surface area contributed by atoms with Crippen LogP contribution < -0.4 is 4.90 Å². The highest BCUT2D eigenvalue weighted by molar-refractivity contribution is 5.97. The largest absolute Gasteiger partial charge is 0.371 e. The van der Waals surface area contributed by atoms with Crippen LogP contribution in [0.5, 0.6) is 0 Å². The highest BCUT2D eigenvalue weighted by Gasteiger charge is 2.41. The molecule has 0 spiro atoms. The Bertz CT molecular complexity index is 802. The number of amides is 1. The molecule has 6 heteroatoms. The molecule has 0 saturated carbocycles. The SMILES string of the molecule is CC(C)n1nccc1[C@H]1OCC[C@@H]1C(=O)N1CCc2c(F)cccc21. The highest BCUT2D eigenvalue weighted by atomic mass is 19.1. The molecule has 4 rings (SSSR count). The Morgan fingerprint density at radius 3 is 3.00 bits per heavy atom. The fraction of sp³-hybridized carbons (Fsp3) is 0.474. The number of nitrogens with zero attached hydrogens (tertiary/aromatic N) is 3. The number of aromatic nitrogens is 2. The summed E-state index contributed by atoms with van der Waals surface area (Å²) in [5, 5.41) is 4.36. The minimum Gasteiger partial charge on any atom is -0.371 e. The maximum Gasteiger partial charge on any atom is 0.233 e. The summed E-state index contributed by atoms with van der Waals surface area (Å²) in [4.78, 5) is 14.9. The second-order valence-corrected chi connectivity index (χ2v) is 6.96. The average molecular weight is 343 g/mol. The maximum atomic E-state index is 14.0. The van der Waals surface area contributed by atoms with Crippen LogP contribution in [0.1, 0.15) is 43.7 Å². The van der Waals surface area contributed by atoms with Gasteiger partial charge in [0, 0.05) is 36.6 Å². The van der Waals surface area contributed by atoms with Gasteiger partial charge < -0.3 is 9.64 Å². The van der Waals surface area contributed by atoms with Crippen LogP contribution in [0.3, 0.4) is 0 Å². The van der Waals surface area contributed by atoms with Gasteiger partial charge in [-0.2, -0.15) is 5.10 Å². The Morgan fingerprint density at radius 2 is 2.20 bits per heavy atom. The lowest BCUT2D eigenvalue weighted by atomic mass is 9.97. The first-order chi connectivity index (χ1) is 12.1. The first-order valence-electron chi connectivity index (χ1n) is 8.81. The monoisotopic (exact) mass is 343 g/mol. The van der Waals surface area contributed by atoms with E-state index in [4.69, 9.17) is 4.74 Å². The van der Waals surface area contributed by atoms with Crippen molar-refractivity contribution in [3.63, 3.8) is 0 Å². The maximum absolute atomic E-state index is 14.0. The van der Waals surface area contributed by atoms with Crippen molar-refractivity contribution in [1.82, 2.24) is 9.78 Å². The van der Waals surface area contributed by atoms with Gasteiger partial charge in [-0.3, -0.25) is 9.48 Å². The second kappa shape index (κ2) is 6.26. The van der Waals surface area contributed by atoms with Gasteiger partial charge in [0.15, 0.2) is 0 Å². The van der Waals surface area contributed by atoms with Crippen LogP contribution in [0.25, 0.3) is 0 Å². The molecule has 3 heterocycles. The second-order valence-electron chi connectivity index (χ2n) is 6.96. The first kappa shape index (κ1) is 16.3. The van der Waals surface area contributed by atoms with Crippen LogP contribution in [0.4, 0.5) is 10.1 Å². The molecule has 0 radical (unpaired) electrons. The van der Waals surface area contributed by atoms with E-state index in [0.29, 0.717) is 37.2 Å². The van der Waals surface area contributed by atoms with Gasteiger partial charge >= 0.3 is 0 Å². The molecular formula is C19H22FN3O2. The van der Waals surface area contributed by atoms with Crippen LogP contribution in [-0.4, -0.2) is 28.8 Å². The van der Waals surface area contributed by atoms with Crippen molar-refractivity contribution in [2.24, 2.45) is 5.92 Å². The van der Waals surface area contributed by atoms with Crippen LogP contribution in [0.2, 0.25) is 0 Å². The molecule has 2 aliphatic rings. The van der Waals surface area contributed by atoms with E-state index < -0.39 is 0 Å². The third-order valence-electron chi connectivity index (χ3n) is 5.13. The Kier molecular flexibility index (Phi) is 4.07. The van der Waals surface area contributed by atoms with Crippen molar-refractivity contribution >= 4 is 11.6 Å². The van der Waals surface area contributed by atoms with Gasteiger partial charge in [0.05, 0.1) is 11.6 Å². The highest BCUT2D eigenvalue weighted by Crippen LogP contribution is 2.39. The Morgan fingerprint density at radius 1 is 1.36 bits per heavy atom. The topological polar surface area (TPSA) is 47.4 Å². The van der Waals surface area contributed by atoms with Crippen molar-refractivity contribution in [1.29, 1.82) is 0 Å². The number of ether oxygens (including phenoxy) is 1. The number of benzene rings is 1. The lowest BCUT2D eigenvalue weighted by molar-refractivity contribution is -0.124. The predicted octanol–water partition coefficient (Wildman–Crippen LogP) is 3.27. The fourth-order valence-corrected chi connectivity index (χ4v) is 3.94. The zero-order valence-electron chi connectivity index (χ0n) is 14.5. The standard InChI is InChI=1S/C19H22FN3O2/c1-12(2)23-17(6-9-21-23)18-14(8-11-25-18)19(24)22-10-7-13-15(20)4-3-5-16(13)22/h3-6,9,12,14,18H,7-8,10-11H2,1-2H3/t14-,18-/m0/s1. The van der Waals surface area contributed by atoms with Gasteiger partial charge in [-0.05, 0) is 44.9 Å². The summed E-state index contributed by atoms with van der Waals surface area (Å²) in [5.74, 6) is -0.475. The molecule has 0 unspecified atom stereocenters. The molecule has 1 amide bonds. The van der Waals surface area contributed by atoms with Crippen molar-refractivity contribution in [3.05, 3.63) is 47.5 Å². The summed E-state index contributed by atoms with van der Waals surface area (Å²) in [6.45, 7) is 5.19. The van der Waals surface area contributed by atoms with Crippen molar-refractivity contribution in [2.45, 2.75) is 38.8 Å². The smallest absolute Gasteiger partial charge is 0.233 e. The number of anilines is 1. The van der Waals surface area contributed by atoms with Gasteiger partial charge in [0.25, 0.3) is 0 Å². The summed E-state index contributed by atoms with van der Waals surface area (Å²) in [7, 11) is 0. The number of carbonyl (C=O) groups is 1. The van der Waals surface area contributed by atoms with Gasteiger partial charge in [-0.25, -0.2) is 4.39 Å². The molecule has 25 heavy (non-hydrogen) atoms. The van der Waals surface area contributed by atoms with E-state index in [0.717, 1.165) is 5.69 Å². The molecule has 132 valence electrons. The number of rotatable bonds is 3. The average Bonchev–Trinajstić information content (AvgIpc) is 3.32. The van der Waals surface area contributed by atoms with Crippen LogP contribution >= 0.6 is 0 Å². The van der Waals surface area contributed by atoms with E-state index in [1.54, 1.807) is 17.2 Å². The minimum atomic E-state index is -0.296. The van der Waals surface area contributed by atoms with Crippen molar-refractivity contribution in [3.8, 4) is 0 Å². The normalized spacial score (nSPS) is 22.6. The third kappa shape index (κ3) is 2.65. The predicted molar refractivity (Wildman–Crippen MR) is 91.9 cm³/mol. The van der Waals surface area contributed by atoms with E-state index in [2.05, 4.69) is 18.9 Å².